The van der Waals surface area contributed by atoms with Crippen molar-refractivity contribution in [2.45, 2.75) is 20.0 Å². The molecule has 7 nitrogen and oxygen atoms in total. The van der Waals surface area contributed by atoms with E-state index < -0.39 is 18.2 Å². The molecule has 0 saturated carbocycles. The quantitative estimate of drug-likeness (QED) is 0.187. The lowest BCUT2D eigenvalue weighted by Crippen LogP contribution is -2.24. The van der Waals surface area contributed by atoms with Crippen LogP contribution in [0.1, 0.15) is 24.5 Å². The van der Waals surface area contributed by atoms with Crippen LogP contribution in [0.3, 0.4) is 0 Å². The summed E-state index contributed by atoms with van der Waals surface area (Å²) in [6.07, 6.45) is 0.997. The number of rotatable bonds is 10. The van der Waals surface area contributed by atoms with E-state index in [0.29, 0.717) is 46.0 Å². The van der Waals surface area contributed by atoms with Gasteiger partial charge in [-0.15, -0.1) is 0 Å². The number of carbonyl (C=O) groups excluding carboxylic acids is 2. The summed E-state index contributed by atoms with van der Waals surface area (Å²) in [6.45, 7) is 2.66. The Labute approximate surface area is 218 Å². The van der Waals surface area contributed by atoms with Gasteiger partial charge >= 0.3 is 0 Å². The third-order valence-electron chi connectivity index (χ3n) is 4.52. The number of hydrogen-bond acceptors (Lipinski definition) is 5. The highest BCUT2D eigenvalue weighted by Gasteiger charge is 2.12. The van der Waals surface area contributed by atoms with E-state index in [4.69, 9.17) is 44.3 Å². The van der Waals surface area contributed by atoms with Crippen LogP contribution in [0.15, 0.2) is 65.8 Å². The molecule has 2 N–H and O–H groups in total. The van der Waals surface area contributed by atoms with E-state index >= 15 is 0 Å². The zero-order chi connectivity index (χ0) is 25.2. The van der Waals surface area contributed by atoms with Gasteiger partial charge in [0.25, 0.3) is 0 Å². The third-order valence-corrected chi connectivity index (χ3v) is 5.60. The van der Waals surface area contributed by atoms with Crippen molar-refractivity contribution in [1.29, 1.82) is 0 Å². The van der Waals surface area contributed by atoms with Gasteiger partial charge in [-0.3, -0.25) is 9.59 Å². The zero-order valence-electron chi connectivity index (χ0n) is 18.7. The summed E-state index contributed by atoms with van der Waals surface area (Å²) in [5.41, 5.74) is 4.27. The van der Waals surface area contributed by atoms with Crippen LogP contribution in [-0.4, -0.2) is 24.6 Å². The van der Waals surface area contributed by atoms with Crippen molar-refractivity contribution in [3.63, 3.8) is 0 Å². The number of amides is 2. The van der Waals surface area contributed by atoms with Gasteiger partial charge in [-0.05, 0) is 60.5 Å². The summed E-state index contributed by atoms with van der Waals surface area (Å²) in [5.74, 6) is -0.0404. The number of hydrazone groups is 1. The zero-order valence-corrected chi connectivity index (χ0v) is 21.0. The van der Waals surface area contributed by atoms with Crippen LogP contribution in [0.2, 0.25) is 15.1 Å². The van der Waals surface area contributed by atoms with Gasteiger partial charge in [-0.25, -0.2) is 5.43 Å². The highest BCUT2D eigenvalue weighted by atomic mass is 35.5. The first kappa shape index (κ1) is 26.3. The lowest BCUT2D eigenvalue weighted by molar-refractivity contribution is -0.126. The molecule has 0 aliphatic heterocycles. The van der Waals surface area contributed by atoms with Crippen molar-refractivity contribution < 1.29 is 19.1 Å². The van der Waals surface area contributed by atoms with Gasteiger partial charge in [0.2, 0.25) is 11.8 Å². The molecule has 3 aromatic carbocycles. The Morgan fingerprint density at radius 2 is 1.71 bits per heavy atom. The topological polar surface area (TPSA) is 89.0 Å². The minimum absolute atomic E-state index is 0.201. The van der Waals surface area contributed by atoms with Crippen molar-refractivity contribution in [1.82, 2.24) is 5.43 Å². The fourth-order valence-corrected chi connectivity index (χ4v) is 3.37. The first-order valence-corrected chi connectivity index (χ1v) is 11.7. The van der Waals surface area contributed by atoms with Crippen LogP contribution in [0.25, 0.3) is 0 Å². The van der Waals surface area contributed by atoms with Crippen LogP contribution in [-0.2, 0) is 16.2 Å². The average Bonchev–Trinajstić information content (AvgIpc) is 2.83. The largest absolute Gasteiger partial charge is 0.490 e. The summed E-state index contributed by atoms with van der Waals surface area (Å²) in [4.78, 5) is 24.1. The van der Waals surface area contributed by atoms with E-state index in [1.165, 1.54) is 6.21 Å². The number of hydrogen-bond donors (Lipinski definition) is 2. The summed E-state index contributed by atoms with van der Waals surface area (Å²) in [5, 5.41) is 7.60. The van der Waals surface area contributed by atoms with Gasteiger partial charge in [0, 0.05) is 5.02 Å². The molecule has 10 heteroatoms. The monoisotopic (exact) mass is 533 g/mol. The summed E-state index contributed by atoms with van der Waals surface area (Å²) in [6, 6.07) is 17.4. The minimum atomic E-state index is -0.593. The molecular weight excluding hydrogens is 513 g/mol. The van der Waals surface area contributed by atoms with E-state index in [-0.39, 0.29) is 5.02 Å². The second-order valence-corrected chi connectivity index (χ2v) is 8.40. The lowest BCUT2D eigenvalue weighted by atomic mass is 10.2. The van der Waals surface area contributed by atoms with Crippen LogP contribution in [0.5, 0.6) is 11.5 Å². The van der Waals surface area contributed by atoms with Gasteiger partial charge < -0.3 is 14.8 Å². The van der Waals surface area contributed by atoms with Gasteiger partial charge in [0.15, 0.2) is 11.5 Å². The average molecular weight is 535 g/mol. The number of nitrogens with zero attached hydrogens (tertiary/aromatic N) is 1. The summed E-state index contributed by atoms with van der Waals surface area (Å²) >= 11 is 17.9. The molecule has 0 atom stereocenters. The molecule has 0 aliphatic carbocycles. The Balaban J connectivity index is 1.55. The fraction of sp³-hybridized carbons (Fsp3) is 0.160. The Hall–Kier alpha value is -3.26. The summed E-state index contributed by atoms with van der Waals surface area (Å²) < 4.78 is 11.5. The standard InChI is InChI=1S/C25H22Cl3N3O4/c1-2-34-22-12-17(8-11-21(22)35-15-16-6-9-18(26)10-7-16)14-29-31-24(33)13-23(32)30-20-5-3-4-19(27)25(20)28/h3-12,14H,2,13,15H2,1H3,(H,30,32)(H,31,33). The number of nitrogens with one attached hydrogen (secondary N) is 2. The van der Waals surface area contributed by atoms with Crippen LogP contribution in [0, 0.1) is 0 Å². The van der Waals surface area contributed by atoms with E-state index in [0.717, 1.165) is 5.56 Å². The number of carbonyl (C=O) groups is 2. The van der Waals surface area contributed by atoms with Gasteiger partial charge in [0.05, 0.1) is 28.6 Å². The van der Waals surface area contributed by atoms with Gasteiger partial charge in [-0.2, -0.15) is 5.10 Å². The minimum Gasteiger partial charge on any atom is -0.490 e. The maximum atomic E-state index is 12.1. The Morgan fingerprint density at radius 1 is 0.943 bits per heavy atom. The molecule has 0 spiro atoms. The van der Waals surface area contributed by atoms with Gasteiger partial charge in [0.1, 0.15) is 13.0 Å². The molecule has 2 amide bonds. The molecule has 0 radical (unpaired) electrons. The van der Waals surface area contributed by atoms with Crippen molar-refractivity contribution in [3.05, 3.63) is 86.9 Å². The predicted molar refractivity (Wildman–Crippen MR) is 139 cm³/mol. The van der Waals surface area contributed by atoms with E-state index in [9.17, 15) is 9.59 Å². The van der Waals surface area contributed by atoms with E-state index in [2.05, 4.69) is 15.8 Å². The molecule has 3 aromatic rings. The van der Waals surface area contributed by atoms with Crippen LogP contribution in [0.4, 0.5) is 5.69 Å². The molecule has 3 rings (SSSR count). The van der Waals surface area contributed by atoms with Crippen molar-refractivity contribution in [2.24, 2.45) is 5.10 Å². The third kappa shape index (κ3) is 8.17. The second kappa shape index (κ2) is 13.0. The molecule has 0 unspecified atom stereocenters. The predicted octanol–water partition coefficient (Wildman–Crippen LogP) is 6.10. The molecule has 0 aromatic heterocycles. The van der Waals surface area contributed by atoms with Crippen LogP contribution >= 0.6 is 34.8 Å². The maximum absolute atomic E-state index is 12.1. The first-order valence-electron chi connectivity index (χ1n) is 10.6. The SMILES string of the molecule is CCOc1cc(C=NNC(=O)CC(=O)Nc2cccc(Cl)c2Cl)ccc1OCc1ccc(Cl)cc1. The highest BCUT2D eigenvalue weighted by Crippen LogP contribution is 2.30. The number of anilines is 1. The normalized spacial score (nSPS) is 10.7. The summed E-state index contributed by atoms with van der Waals surface area (Å²) in [7, 11) is 0. The molecule has 182 valence electrons. The molecule has 35 heavy (non-hydrogen) atoms. The number of halogens is 3. The number of benzene rings is 3. The molecule has 0 heterocycles. The maximum Gasteiger partial charge on any atom is 0.249 e. The van der Waals surface area contributed by atoms with Crippen LogP contribution < -0.4 is 20.2 Å². The van der Waals surface area contributed by atoms with E-state index in [1.807, 2.05) is 19.1 Å². The lowest BCUT2D eigenvalue weighted by Gasteiger charge is -2.12. The molecule has 0 saturated heterocycles. The van der Waals surface area contributed by atoms with Crippen molar-refractivity contribution >= 4 is 58.5 Å². The Bertz CT molecular complexity index is 1220. The Kier molecular flexibility index (Phi) is 9.78. The molecule has 0 fully saturated rings. The highest BCUT2D eigenvalue weighted by molar-refractivity contribution is 6.44. The smallest absolute Gasteiger partial charge is 0.249 e. The van der Waals surface area contributed by atoms with Crippen molar-refractivity contribution in [3.8, 4) is 11.5 Å². The molecular formula is C25H22Cl3N3O4. The number of ether oxygens (including phenoxy) is 2. The fourth-order valence-electron chi connectivity index (χ4n) is 2.89. The molecule has 0 bridgehead atoms. The second-order valence-electron chi connectivity index (χ2n) is 7.17. The van der Waals surface area contributed by atoms with E-state index in [1.54, 1.807) is 48.5 Å². The van der Waals surface area contributed by atoms with Gasteiger partial charge in [-0.1, -0.05) is 53.0 Å². The van der Waals surface area contributed by atoms with Crippen molar-refractivity contribution in [2.75, 3.05) is 11.9 Å². The first-order chi connectivity index (χ1) is 16.9. The molecule has 0 aliphatic rings. The Morgan fingerprint density at radius 3 is 2.46 bits per heavy atom.